The van der Waals surface area contributed by atoms with E-state index in [0.29, 0.717) is 5.41 Å². The maximum Gasteiger partial charge on any atom is 0.0462 e. The zero-order valence-electron chi connectivity index (χ0n) is 11.3. The molecule has 0 radical (unpaired) electrons. The Morgan fingerprint density at radius 2 is 2.06 bits per heavy atom. The van der Waals surface area contributed by atoms with E-state index >= 15 is 0 Å². The number of rotatable bonds is 7. The van der Waals surface area contributed by atoms with Crippen molar-refractivity contribution in [3.8, 4) is 0 Å². The lowest BCUT2D eigenvalue weighted by molar-refractivity contribution is 0.188. The minimum atomic E-state index is 0.561. The summed E-state index contributed by atoms with van der Waals surface area (Å²) in [5.74, 6) is 0. The van der Waals surface area contributed by atoms with Crippen LogP contribution in [-0.2, 0) is 4.74 Å². The molecule has 0 heterocycles. The van der Waals surface area contributed by atoms with E-state index < -0.39 is 0 Å². The van der Waals surface area contributed by atoms with Gasteiger partial charge in [0, 0.05) is 19.8 Å². The van der Waals surface area contributed by atoms with Crippen LogP contribution in [0.15, 0.2) is 0 Å². The summed E-state index contributed by atoms with van der Waals surface area (Å²) in [6, 6.07) is 0.770. The quantitative estimate of drug-likeness (QED) is 0.673. The molecular weight excluding hydrogens is 198 g/mol. The van der Waals surface area contributed by atoms with Crippen LogP contribution in [0.1, 0.15) is 58.8 Å². The fourth-order valence-electron chi connectivity index (χ4n) is 2.73. The second-order valence-electron chi connectivity index (χ2n) is 5.97. The molecule has 0 bridgehead atoms. The zero-order valence-corrected chi connectivity index (χ0v) is 11.3. The number of hydrogen-bond donors (Lipinski definition) is 1. The van der Waals surface area contributed by atoms with Gasteiger partial charge in [-0.05, 0) is 50.5 Å². The molecule has 0 aromatic carbocycles. The second-order valence-corrected chi connectivity index (χ2v) is 5.97. The topological polar surface area (TPSA) is 21.3 Å². The normalized spacial score (nSPS) is 24.6. The van der Waals surface area contributed by atoms with Crippen LogP contribution < -0.4 is 5.32 Å². The first-order valence-electron chi connectivity index (χ1n) is 6.86. The summed E-state index contributed by atoms with van der Waals surface area (Å²) in [4.78, 5) is 0. The van der Waals surface area contributed by atoms with E-state index in [1.807, 2.05) is 0 Å². The number of unbranched alkanes of at least 4 members (excludes halogenated alkanes) is 2. The van der Waals surface area contributed by atoms with Crippen molar-refractivity contribution in [2.75, 3.05) is 20.3 Å². The third kappa shape index (κ3) is 5.86. The molecule has 2 nitrogen and oxygen atoms in total. The largest absolute Gasteiger partial charge is 0.385 e. The summed E-state index contributed by atoms with van der Waals surface area (Å²) in [5, 5.41) is 3.71. The van der Waals surface area contributed by atoms with E-state index in [4.69, 9.17) is 4.74 Å². The van der Waals surface area contributed by atoms with Gasteiger partial charge in [-0.3, -0.25) is 0 Å². The van der Waals surface area contributed by atoms with Crippen LogP contribution in [0.25, 0.3) is 0 Å². The van der Waals surface area contributed by atoms with Crippen molar-refractivity contribution in [2.45, 2.75) is 64.8 Å². The fraction of sp³-hybridized carbons (Fsp3) is 1.00. The summed E-state index contributed by atoms with van der Waals surface area (Å²) in [6.45, 7) is 6.90. The van der Waals surface area contributed by atoms with Gasteiger partial charge in [0.15, 0.2) is 0 Å². The lowest BCUT2D eigenvalue weighted by atomic mass is 9.75. The maximum atomic E-state index is 5.05. The molecule has 0 aromatic heterocycles. The average molecular weight is 227 g/mol. The smallest absolute Gasteiger partial charge is 0.0462 e. The van der Waals surface area contributed by atoms with Gasteiger partial charge in [0.2, 0.25) is 0 Å². The summed E-state index contributed by atoms with van der Waals surface area (Å²) >= 11 is 0. The van der Waals surface area contributed by atoms with E-state index in [9.17, 15) is 0 Å². The molecular formula is C14H29NO. The molecule has 1 fully saturated rings. The van der Waals surface area contributed by atoms with Gasteiger partial charge in [0.05, 0.1) is 0 Å². The molecule has 1 N–H and O–H groups in total. The monoisotopic (exact) mass is 227 g/mol. The van der Waals surface area contributed by atoms with Crippen molar-refractivity contribution in [1.29, 1.82) is 0 Å². The minimum Gasteiger partial charge on any atom is -0.385 e. The van der Waals surface area contributed by atoms with Gasteiger partial charge in [-0.25, -0.2) is 0 Å². The Labute approximate surface area is 101 Å². The van der Waals surface area contributed by atoms with Gasteiger partial charge in [-0.1, -0.05) is 20.3 Å². The molecule has 16 heavy (non-hydrogen) atoms. The zero-order chi connectivity index (χ0) is 11.9. The van der Waals surface area contributed by atoms with Crippen molar-refractivity contribution in [1.82, 2.24) is 5.32 Å². The Kier molecular flexibility index (Phi) is 6.37. The van der Waals surface area contributed by atoms with Gasteiger partial charge < -0.3 is 10.1 Å². The van der Waals surface area contributed by atoms with Crippen LogP contribution >= 0.6 is 0 Å². The molecule has 1 unspecified atom stereocenters. The van der Waals surface area contributed by atoms with E-state index in [0.717, 1.165) is 12.6 Å². The van der Waals surface area contributed by atoms with Crippen molar-refractivity contribution in [3.63, 3.8) is 0 Å². The van der Waals surface area contributed by atoms with Crippen molar-refractivity contribution in [3.05, 3.63) is 0 Å². The first-order chi connectivity index (χ1) is 7.64. The predicted molar refractivity (Wildman–Crippen MR) is 69.8 cm³/mol. The molecule has 1 saturated carbocycles. The van der Waals surface area contributed by atoms with Crippen molar-refractivity contribution < 1.29 is 4.74 Å². The molecule has 1 aliphatic rings. The first kappa shape index (κ1) is 14.0. The van der Waals surface area contributed by atoms with E-state index in [2.05, 4.69) is 19.2 Å². The van der Waals surface area contributed by atoms with Crippen LogP contribution in [0.4, 0.5) is 0 Å². The van der Waals surface area contributed by atoms with E-state index in [1.165, 1.54) is 51.5 Å². The minimum absolute atomic E-state index is 0.561. The van der Waals surface area contributed by atoms with Crippen LogP contribution in [0, 0.1) is 5.41 Å². The summed E-state index contributed by atoms with van der Waals surface area (Å²) in [5.41, 5.74) is 0.561. The Balaban J connectivity index is 2.00. The van der Waals surface area contributed by atoms with Crippen LogP contribution in [0.3, 0.4) is 0 Å². The Morgan fingerprint density at radius 1 is 1.25 bits per heavy atom. The van der Waals surface area contributed by atoms with Gasteiger partial charge in [-0.15, -0.1) is 0 Å². The van der Waals surface area contributed by atoms with E-state index in [1.54, 1.807) is 7.11 Å². The van der Waals surface area contributed by atoms with Gasteiger partial charge in [0.25, 0.3) is 0 Å². The molecule has 1 aliphatic carbocycles. The molecule has 0 aliphatic heterocycles. The molecule has 1 rings (SSSR count). The van der Waals surface area contributed by atoms with Gasteiger partial charge >= 0.3 is 0 Å². The maximum absolute atomic E-state index is 5.05. The number of hydrogen-bond acceptors (Lipinski definition) is 2. The Hall–Kier alpha value is -0.0800. The summed E-state index contributed by atoms with van der Waals surface area (Å²) in [6.07, 6.45) is 9.31. The van der Waals surface area contributed by atoms with Crippen molar-refractivity contribution in [2.24, 2.45) is 5.41 Å². The highest BCUT2D eigenvalue weighted by Crippen LogP contribution is 2.34. The third-order valence-electron chi connectivity index (χ3n) is 3.66. The average Bonchev–Trinajstić information content (AvgIpc) is 2.22. The number of ether oxygens (including phenoxy) is 1. The highest BCUT2D eigenvalue weighted by molar-refractivity contribution is 4.83. The first-order valence-corrected chi connectivity index (χ1v) is 6.86. The predicted octanol–water partition coefficient (Wildman–Crippen LogP) is 3.36. The van der Waals surface area contributed by atoms with E-state index in [-0.39, 0.29) is 0 Å². The van der Waals surface area contributed by atoms with Gasteiger partial charge in [-0.2, -0.15) is 0 Å². The molecule has 0 saturated heterocycles. The van der Waals surface area contributed by atoms with Crippen LogP contribution in [0.5, 0.6) is 0 Å². The SMILES string of the molecule is COCCCCCNC1CCCC(C)(C)C1. The molecule has 0 amide bonds. The summed E-state index contributed by atoms with van der Waals surface area (Å²) in [7, 11) is 1.78. The lowest BCUT2D eigenvalue weighted by Crippen LogP contribution is -2.37. The number of nitrogens with one attached hydrogen (secondary N) is 1. The molecule has 0 spiro atoms. The molecule has 2 heteroatoms. The van der Waals surface area contributed by atoms with Gasteiger partial charge in [0.1, 0.15) is 0 Å². The standard InChI is InChI=1S/C14H29NO/c1-14(2)9-7-8-13(12-14)15-10-5-4-6-11-16-3/h13,15H,4-12H2,1-3H3. The summed E-state index contributed by atoms with van der Waals surface area (Å²) < 4.78 is 5.05. The molecule has 1 atom stereocenters. The third-order valence-corrected chi connectivity index (χ3v) is 3.66. The highest BCUT2D eigenvalue weighted by Gasteiger charge is 2.27. The van der Waals surface area contributed by atoms with Crippen LogP contribution in [-0.4, -0.2) is 26.3 Å². The van der Waals surface area contributed by atoms with Crippen LogP contribution in [0.2, 0.25) is 0 Å². The molecule has 0 aromatic rings. The Morgan fingerprint density at radius 3 is 2.75 bits per heavy atom. The fourth-order valence-corrected chi connectivity index (χ4v) is 2.73. The lowest BCUT2D eigenvalue weighted by Gasteiger charge is -2.35. The molecule has 96 valence electrons. The highest BCUT2D eigenvalue weighted by atomic mass is 16.5. The Bertz CT molecular complexity index is 180. The second kappa shape index (κ2) is 7.29. The number of methoxy groups -OCH3 is 1. The van der Waals surface area contributed by atoms with Crippen molar-refractivity contribution >= 4 is 0 Å².